The minimum absolute atomic E-state index is 0.00226. The van der Waals surface area contributed by atoms with Gasteiger partial charge in [0.05, 0.1) is 18.4 Å². The number of anilines is 1. The second-order valence-electron chi connectivity index (χ2n) is 5.35. The summed E-state index contributed by atoms with van der Waals surface area (Å²) in [6.45, 7) is 7.67. The highest BCUT2D eigenvalue weighted by molar-refractivity contribution is 5.98. The first-order valence-electron chi connectivity index (χ1n) is 7.00. The van der Waals surface area contributed by atoms with Crippen LogP contribution in [0.4, 0.5) is 5.69 Å². The number of methoxy groups -OCH3 is 1. The fraction of sp³-hybridized carbons (Fsp3) is 0.533. The van der Waals surface area contributed by atoms with Gasteiger partial charge in [0.2, 0.25) is 0 Å². The Bertz CT molecular complexity index is 480. The molecule has 1 saturated heterocycles. The Labute approximate surface area is 120 Å². The van der Waals surface area contributed by atoms with Crippen molar-refractivity contribution in [1.29, 1.82) is 0 Å². The van der Waals surface area contributed by atoms with Gasteiger partial charge in [0.1, 0.15) is 0 Å². The van der Waals surface area contributed by atoms with E-state index in [2.05, 4.69) is 18.7 Å². The van der Waals surface area contributed by atoms with Gasteiger partial charge in [0.15, 0.2) is 5.75 Å². The molecule has 5 heteroatoms. The molecule has 1 aromatic rings. The van der Waals surface area contributed by atoms with Gasteiger partial charge in [-0.05, 0) is 26.0 Å². The number of hydrogen-bond acceptors (Lipinski definition) is 4. The first kappa shape index (κ1) is 14.7. The molecule has 2 N–H and O–H groups in total. The molecule has 1 aliphatic rings. The average Bonchev–Trinajstić information content (AvgIpc) is 2.46. The average molecular weight is 277 g/mol. The lowest BCUT2D eigenvalue weighted by molar-refractivity contribution is 0.0592. The zero-order chi connectivity index (χ0) is 14.7. The van der Waals surface area contributed by atoms with Crippen LogP contribution in [0, 0.1) is 0 Å². The van der Waals surface area contributed by atoms with E-state index in [1.807, 2.05) is 4.90 Å². The fourth-order valence-electron chi connectivity index (χ4n) is 2.56. The van der Waals surface area contributed by atoms with Gasteiger partial charge < -0.3 is 15.4 Å². The summed E-state index contributed by atoms with van der Waals surface area (Å²) < 4.78 is 5.26. The molecular weight excluding hydrogens is 254 g/mol. The smallest absolute Gasteiger partial charge is 0.257 e. The number of carbonyl (C=O) groups is 1. The summed E-state index contributed by atoms with van der Waals surface area (Å²) >= 11 is 0. The van der Waals surface area contributed by atoms with Crippen LogP contribution in [-0.2, 0) is 0 Å². The van der Waals surface area contributed by atoms with E-state index >= 15 is 0 Å². The van der Waals surface area contributed by atoms with Gasteiger partial charge in [0.25, 0.3) is 5.91 Å². The summed E-state index contributed by atoms with van der Waals surface area (Å²) in [6.07, 6.45) is 0. The fourth-order valence-corrected chi connectivity index (χ4v) is 2.56. The van der Waals surface area contributed by atoms with Crippen LogP contribution in [0.3, 0.4) is 0 Å². The third kappa shape index (κ3) is 2.88. The molecule has 0 spiro atoms. The molecule has 110 valence electrons. The second-order valence-corrected chi connectivity index (χ2v) is 5.35. The Kier molecular flexibility index (Phi) is 4.49. The minimum atomic E-state index is -0.00226. The van der Waals surface area contributed by atoms with Crippen LogP contribution >= 0.6 is 0 Å². The van der Waals surface area contributed by atoms with Gasteiger partial charge in [-0.2, -0.15) is 0 Å². The van der Waals surface area contributed by atoms with Crippen LogP contribution in [0.25, 0.3) is 0 Å². The van der Waals surface area contributed by atoms with Crippen LogP contribution in [0.1, 0.15) is 24.2 Å². The highest BCUT2D eigenvalue weighted by Gasteiger charge is 2.25. The van der Waals surface area contributed by atoms with Crippen molar-refractivity contribution in [2.24, 2.45) is 0 Å². The third-order valence-corrected chi connectivity index (χ3v) is 3.81. The van der Waals surface area contributed by atoms with Crippen molar-refractivity contribution in [3.8, 4) is 5.75 Å². The molecule has 1 amide bonds. The van der Waals surface area contributed by atoms with E-state index in [0.717, 1.165) is 26.2 Å². The van der Waals surface area contributed by atoms with Crippen LogP contribution in [-0.4, -0.2) is 55.0 Å². The van der Waals surface area contributed by atoms with Crippen LogP contribution in [0.15, 0.2) is 18.2 Å². The van der Waals surface area contributed by atoms with E-state index in [0.29, 0.717) is 23.0 Å². The first-order valence-corrected chi connectivity index (χ1v) is 7.00. The quantitative estimate of drug-likeness (QED) is 0.849. The lowest BCUT2D eigenvalue weighted by Crippen LogP contribution is -2.50. The lowest BCUT2D eigenvalue weighted by atomic mass is 10.1. The molecule has 0 saturated carbocycles. The predicted octanol–water partition coefficient (Wildman–Crippen LogP) is 1.44. The molecule has 2 rings (SSSR count). The van der Waals surface area contributed by atoms with Gasteiger partial charge in [0, 0.05) is 32.2 Å². The van der Waals surface area contributed by atoms with E-state index in [-0.39, 0.29) is 5.91 Å². The Balaban J connectivity index is 2.11. The normalized spacial score (nSPS) is 16.5. The number of nitrogen functional groups attached to an aromatic ring is 1. The number of rotatable bonds is 3. The van der Waals surface area contributed by atoms with E-state index in [1.165, 1.54) is 0 Å². The number of hydrogen-bond donors (Lipinski definition) is 1. The Morgan fingerprint density at radius 1 is 1.25 bits per heavy atom. The number of piperazine rings is 1. The predicted molar refractivity (Wildman–Crippen MR) is 80.0 cm³/mol. The molecule has 1 aliphatic heterocycles. The zero-order valence-corrected chi connectivity index (χ0v) is 12.4. The summed E-state index contributed by atoms with van der Waals surface area (Å²) in [4.78, 5) is 16.8. The second kappa shape index (κ2) is 6.13. The van der Waals surface area contributed by atoms with Crippen LogP contribution < -0.4 is 10.5 Å². The molecule has 1 fully saturated rings. The van der Waals surface area contributed by atoms with Crippen molar-refractivity contribution in [2.75, 3.05) is 39.0 Å². The highest BCUT2D eigenvalue weighted by Crippen LogP contribution is 2.27. The molecule has 0 aromatic heterocycles. The summed E-state index contributed by atoms with van der Waals surface area (Å²) in [6, 6.07) is 5.82. The van der Waals surface area contributed by atoms with Gasteiger partial charge in [-0.3, -0.25) is 9.69 Å². The maximum atomic E-state index is 12.6. The van der Waals surface area contributed by atoms with Gasteiger partial charge in [-0.15, -0.1) is 0 Å². The summed E-state index contributed by atoms with van der Waals surface area (Å²) in [5.74, 6) is 0.473. The number of benzene rings is 1. The monoisotopic (exact) mass is 277 g/mol. The SMILES string of the molecule is COc1c(N)cccc1C(=O)N1CCN(C(C)C)CC1. The molecule has 0 unspecified atom stereocenters. The standard InChI is InChI=1S/C15H23N3O2/c1-11(2)17-7-9-18(10-8-17)15(19)12-5-4-6-13(16)14(12)20-3/h4-6,11H,7-10,16H2,1-3H3. The lowest BCUT2D eigenvalue weighted by Gasteiger charge is -2.37. The van der Waals surface area contributed by atoms with E-state index in [1.54, 1.807) is 25.3 Å². The summed E-state index contributed by atoms with van der Waals surface area (Å²) in [7, 11) is 1.54. The van der Waals surface area contributed by atoms with E-state index in [9.17, 15) is 4.79 Å². The van der Waals surface area contributed by atoms with Crippen molar-refractivity contribution >= 4 is 11.6 Å². The van der Waals surface area contributed by atoms with Crippen molar-refractivity contribution in [1.82, 2.24) is 9.80 Å². The van der Waals surface area contributed by atoms with E-state index in [4.69, 9.17) is 10.5 Å². The molecule has 20 heavy (non-hydrogen) atoms. The van der Waals surface area contributed by atoms with E-state index < -0.39 is 0 Å². The highest BCUT2D eigenvalue weighted by atomic mass is 16.5. The van der Waals surface area contributed by atoms with Gasteiger partial charge in [-0.1, -0.05) is 6.07 Å². The van der Waals surface area contributed by atoms with Gasteiger partial charge >= 0.3 is 0 Å². The van der Waals surface area contributed by atoms with Crippen molar-refractivity contribution < 1.29 is 9.53 Å². The Hall–Kier alpha value is -1.75. The molecule has 0 radical (unpaired) electrons. The number of amides is 1. The maximum absolute atomic E-state index is 12.6. The van der Waals surface area contributed by atoms with Crippen molar-refractivity contribution in [2.45, 2.75) is 19.9 Å². The van der Waals surface area contributed by atoms with Crippen LogP contribution in [0.2, 0.25) is 0 Å². The van der Waals surface area contributed by atoms with Crippen LogP contribution in [0.5, 0.6) is 5.75 Å². The van der Waals surface area contributed by atoms with Gasteiger partial charge in [-0.25, -0.2) is 0 Å². The van der Waals surface area contributed by atoms with Crippen molar-refractivity contribution in [3.63, 3.8) is 0 Å². The molecule has 1 aromatic carbocycles. The topological polar surface area (TPSA) is 58.8 Å². The molecule has 0 aliphatic carbocycles. The molecule has 0 atom stereocenters. The maximum Gasteiger partial charge on any atom is 0.257 e. The number of carbonyl (C=O) groups excluding carboxylic acids is 1. The minimum Gasteiger partial charge on any atom is -0.494 e. The Morgan fingerprint density at radius 3 is 2.45 bits per heavy atom. The number of nitrogens with zero attached hydrogens (tertiary/aromatic N) is 2. The zero-order valence-electron chi connectivity index (χ0n) is 12.4. The molecule has 5 nitrogen and oxygen atoms in total. The number of para-hydroxylation sites is 1. The number of nitrogens with two attached hydrogens (primary N) is 1. The Morgan fingerprint density at radius 2 is 1.90 bits per heavy atom. The molecule has 0 bridgehead atoms. The van der Waals surface area contributed by atoms with Crippen molar-refractivity contribution in [3.05, 3.63) is 23.8 Å². The molecule has 1 heterocycles. The first-order chi connectivity index (χ1) is 9.54. The summed E-state index contributed by atoms with van der Waals surface area (Å²) in [5, 5.41) is 0. The third-order valence-electron chi connectivity index (χ3n) is 3.81. The largest absolute Gasteiger partial charge is 0.494 e. The number of ether oxygens (including phenoxy) is 1. The summed E-state index contributed by atoms with van der Waals surface area (Å²) in [5.41, 5.74) is 6.90. The molecular formula is C15H23N3O2.